The normalized spacial score (nSPS) is 28.5. The number of nitrogens with zero attached hydrogens (tertiary/aromatic N) is 3. The summed E-state index contributed by atoms with van der Waals surface area (Å²) < 4.78 is 35.4. The highest BCUT2D eigenvalue weighted by atomic mass is 19.3. The second-order valence-corrected chi connectivity index (χ2v) is 14.4. The number of aromatic nitrogens is 2. The van der Waals surface area contributed by atoms with Gasteiger partial charge in [0, 0.05) is 29.0 Å². The molecule has 2 aromatic carbocycles. The molecule has 3 aromatic rings. The summed E-state index contributed by atoms with van der Waals surface area (Å²) in [6.07, 6.45) is 6.73. The van der Waals surface area contributed by atoms with Gasteiger partial charge in [-0.3, -0.25) is 4.79 Å². The minimum absolute atomic E-state index is 0.00939. The SMILES string of the molecule is CC1(O)CC(C(=O)N(CC23CCC(c4noc(C(C)(C)C)n4)(CC2)CC3)c2cccc(-c3ccc(OC(F)F)cc3)c2)C1. The molecule has 4 fully saturated rings. The first-order chi connectivity index (χ1) is 20.3. The van der Waals surface area contributed by atoms with Crippen LogP contribution in [0.3, 0.4) is 0 Å². The maximum absolute atomic E-state index is 14.0. The topological polar surface area (TPSA) is 88.7 Å². The number of alkyl halides is 2. The fraction of sp³-hybridized carbons (Fsp3) is 0.559. The molecule has 4 aliphatic carbocycles. The van der Waals surface area contributed by atoms with Gasteiger partial charge in [-0.15, -0.1) is 0 Å². The van der Waals surface area contributed by atoms with Gasteiger partial charge in [-0.1, -0.05) is 50.2 Å². The highest BCUT2D eigenvalue weighted by Gasteiger charge is 2.53. The van der Waals surface area contributed by atoms with Crippen molar-refractivity contribution in [3.8, 4) is 16.9 Å². The van der Waals surface area contributed by atoms with Crippen molar-refractivity contribution in [3.05, 3.63) is 60.2 Å². The van der Waals surface area contributed by atoms with Crippen LogP contribution < -0.4 is 9.64 Å². The van der Waals surface area contributed by atoms with Crippen molar-refractivity contribution in [1.82, 2.24) is 10.1 Å². The second-order valence-electron chi connectivity index (χ2n) is 14.4. The Labute approximate surface area is 251 Å². The van der Waals surface area contributed by atoms with Crippen LogP contribution in [0.5, 0.6) is 5.75 Å². The molecule has 1 amide bonds. The highest BCUT2D eigenvalue weighted by Crippen LogP contribution is 2.58. The van der Waals surface area contributed by atoms with Crippen molar-refractivity contribution < 1.29 is 27.9 Å². The number of halogens is 2. The Morgan fingerprint density at radius 2 is 1.70 bits per heavy atom. The summed E-state index contributed by atoms with van der Waals surface area (Å²) >= 11 is 0. The largest absolute Gasteiger partial charge is 0.435 e. The van der Waals surface area contributed by atoms with E-state index in [1.165, 1.54) is 12.1 Å². The molecule has 2 bridgehead atoms. The molecule has 1 N–H and O–H groups in total. The van der Waals surface area contributed by atoms with E-state index >= 15 is 0 Å². The molecule has 0 aliphatic heterocycles. The van der Waals surface area contributed by atoms with Crippen LogP contribution in [0.15, 0.2) is 53.1 Å². The molecular formula is C34H41F2N3O4. The number of fused-ring (bicyclic) bond motifs is 3. The van der Waals surface area contributed by atoms with Gasteiger partial charge < -0.3 is 19.3 Å². The Balaban J connectivity index is 1.24. The van der Waals surface area contributed by atoms with Crippen LogP contribution in [0.4, 0.5) is 14.5 Å². The summed E-state index contributed by atoms with van der Waals surface area (Å²) in [7, 11) is 0. The summed E-state index contributed by atoms with van der Waals surface area (Å²) in [5.74, 6) is 1.43. The molecule has 0 radical (unpaired) electrons. The average molecular weight is 594 g/mol. The van der Waals surface area contributed by atoms with Gasteiger partial charge in [0.15, 0.2) is 5.82 Å². The first-order valence-corrected chi connectivity index (χ1v) is 15.3. The van der Waals surface area contributed by atoms with E-state index in [0.29, 0.717) is 25.3 Å². The van der Waals surface area contributed by atoms with Gasteiger partial charge in [-0.25, -0.2) is 0 Å². The molecule has 7 rings (SSSR count). The fourth-order valence-corrected chi connectivity index (χ4v) is 7.29. The standard InChI is InChI=1S/C34H41F2N3O4/c1-31(2,3)29-37-28(38-43-29)34-15-12-33(13-16-34,14-17-34)21-39(27(40)24-19-32(4,41)20-24)25-7-5-6-23(18-25)22-8-10-26(11-9-22)42-30(35)36/h5-11,18,24,30,41H,12-17,19-21H2,1-4H3. The number of ether oxygens (including phenoxy) is 1. The minimum atomic E-state index is -2.88. The quantitative estimate of drug-likeness (QED) is 0.292. The van der Waals surface area contributed by atoms with Crippen LogP contribution in [0.1, 0.15) is 90.8 Å². The third-order valence-electron chi connectivity index (χ3n) is 10.00. The van der Waals surface area contributed by atoms with Gasteiger partial charge in [0.2, 0.25) is 11.8 Å². The van der Waals surface area contributed by atoms with Crippen molar-refractivity contribution in [2.24, 2.45) is 11.3 Å². The molecule has 0 unspecified atom stereocenters. The monoisotopic (exact) mass is 593 g/mol. The van der Waals surface area contributed by atoms with Crippen LogP contribution in [0, 0.1) is 11.3 Å². The van der Waals surface area contributed by atoms with E-state index in [0.717, 1.165) is 61.2 Å². The van der Waals surface area contributed by atoms with Crippen molar-refractivity contribution in [2.75, 3.05) is 11.4 Å². The molecule has 0 spiro atoms. The molecule has 4 saturated carbocycles. The van der Waals surface area contributed by atoms with Gasteiger partial charge in [-0.2, -0.15) is 13.8 Å². The first kappa shape index (κ1) is 29.7. The lowest BCUT2D eigenvalue weighted by Crippen LogP contribution is -2.54. The number of aliphatic hydroxyl groups is 1. The lowest BCUT2D eigenvalue weighted by atomic mass is 9.53. The second kappa shape index (κ2) is 10.7. The Morgan fingerprint density at radius 3 is 2.26 bits per heavy atom. The maximum atomic E-state index is 14.0. The van der Waals surface area contributed by atoms with Crippen LogP contribution in [-0.4, -0.2) is 39.9 Å². The third-order valence-corrected chi connectivity index (χ3v) is 10.00. The van der Waals surface area contributed by atoms with Crippen LogP contribution >= 0.6 is 0 Å². The molecular weight excluding hydrogens is 552 g/mol. The minimum Gasteiger partial charge on any atom is -0.435 e. The zero-order chi connectivity index (χ0) is 30.6. The molecule has 230 valence electrons. The van der Waals surface area contributed by atoms with Crippen LogP contribution in [0.2, 0.25) is 0 Å². The average Bonchev–Trinajstić information content (AvgIpc) is 3.48. The van der Waals surface area contributed by atoms with Gasteiger partial charge in [0.1, 0.15) is 5.75 Å². The number of rotatable bonds is 8. The lowest BCUT2D eigenvalue weighted by molar-refractivity contribution is -0.137. The molecule has 9 heteroatoms. The molecule has 0 atom stereocenters. The van der Waals surface area contributed by atoms with Crippen molar-refractivity contribution in [1.29, 1.82) is 0 Å². The Hall–Kier alpha value is -3.33. The maximum Gasteiger partial charge on any atom is 0.387 e. The van der Waals surface area contributed by atoms with Crippen LogP contribution in [-0.2, 0) is 15.6 Å². The van der Waals surface area contributed by atoms with E-state index in [2.05, 4.69) is 30.7 Å². The Morgan fingerprint density at radius 1 is 1.05 bits per heavy atom. The number of amides is 1. The summed E-state index contributed by atoms with van der Waals surface area (Å²) in [6.45, 7) is 5.75. The van der Waals surface area contributed by atoms with E-state index in [9.17, 15) is 18.7 Å². The van der Waals surface area contributed by atoms with Crippen molar-refractivity contribution in [2.45, 2.75) is 102 Å². The van der Waals surface area contributed by atoms with Crippen molar-refractivity contribution >= 4 is 11.6 Å². The number of carbonyl (C=O) groups is 1. The molecule has 1 heterocycles. The number of carbonyl (C=O) groups excluding carboxylic acids is 1. The first-order valence-electron chi connectivity index (χ1n) is 15.3. The molecule has 0 saturated heterocycles. The third kappa shape index (κ3) is 5.93. The Kier molecular flexibility index (Phi) is 7.39. The molecule has 43 heavy (non-hydrogen) atoms. The van der Waals surface area contributed by atoms with E-state index < -0.39 is 12.2 Å². The predicted octanol–water partition coefficient (Wildman–Crippen LogP) is 7.42. The summed E-state index contributed by atoms with van der Waals surface area (Å²) in [5, 5.41) is 14.8. The zero-order valence-electron chi connectivity index (χ0n) is 25.4. The van der Waals surface area contributed by atoms with E-state index in [4.69, 9.17) is 9.51 Å². The number of anilines is 1. The van der Waals surface area contributed by atoms with Crippen molar-refractivity contribution in [3.63, 3.8) is 0 Å². The van der Waals surface area contributed by atoms with Gasteiger partial charge in [-0.05, 0) is 99.1 Å². The number of hydrogen-bond acceptors (Lipinski definition) is 6. The van der Waals surface area contributed by atoms with Gasteiger partial charge in [0.05, 0.1) is 5.60 Å². The molecule has 1 aromatic heterocycles. The van der Waals surface area contributed by atoms with Crippen LogP contribution in [0.25, 0.3) is 11.1 Å². The number of hydrogen-bond donors (Lipinski definition) is 1. The lowest BCUT2D eigenvalue weighted by Gasteiger charge is -2.54. The summed E-state index contributed by atoms with van der Waals surface area (Å²) in [6, 6.07) is 14.4. The fourth-order valence-electron chi connectivity index (χ4n) is 7.29. The molecule has 7 nitrogen and oxygen atoms in total. The highest BCUT2D eigenvalue weighted by molar-refractivity contribution is 5.96. The van der Waals surface area contributed by atoms with Gasteiger partial charge in [0.25, 0.3) is 0 Å². The summed E-state index contributed by atoms with van der Waals surface area (Å²) in [5.41, 5.74) is 1.45. The summed E-state index contributed by atoms with van der Waals surface area (Å²) in [4.78, 5) is 20.8. The predicted molar refractivity (Wildman–Crippen MR) is 159 cm³/mol. The van der Waals surface area contributed by atoms with E-state index in [1.54, 1.807) is 19.1 Å². The van der Waals surface area contributed by atoms with E-state index in [-0.39, 0.29) is 33.8 Å². The van der Waals surface area contributed by atoms with E-state index in [1.807, 2.05) is 29.2 Å². The number of benzene rings is 2. The smallest absolute Gasteiger partial charge is 0.387 e. The zero-order valence-corrected chi connectivity index (χ0v) is 25.4. The Bertz CT molecular complexity index is 1440. The molecule has 4 aliphatic rings. The van der Waals surface area contributed by atoms with Gasteiger partial charge >= 0.3 is 6.61 Å².